The number of rotatable bonds is 7. The quantitative estimate of drug-likeness (QED) is 0.571. The van der Waals surface area contributed by atoms with Crippen LogP contribution in [0.2, 0.25) is 0 Å². The number of urea groups is 1. The number of nitrogens with one attached hydrogen (secondary N) is 1. The first-order chi connectivity index (χ1) is 15.4. The molecule has 2 aromatic rings. The van der Waals surface area contributed by atoms with Gasteiger partial charge in [0.05, 0.1) is 4.90 Å². The van der Waals surface area contributed by atoms with Crippen LogP contribution in [0.3, 0.4) is 0 Å². The summed E-state index contributed by atoms with van der Waals surface area (Å²) in [7, 11) is -1.63. The van der Waals surface area contributed by atoms with Crippen molar-refractivity contribution in [3.8, 4) is 5.75 Å². The zero-order chi connectivity index (χ0) is 24.5. The van der Waals surface area contributed by atoms with Gasteiger partial charge in [-0.25, -0.2) is 18.5 Å². The first-order valence-electron chi connectivity index (χ1n) is 11.3. The average Bonchev–Trinajstić information content (AvgIpc) is 3.52. The Balaban J connectivity index is 1.98. The highest BCUT2D eigenvalue weighted by Gasteiger charge is 2.30. The number of nitrogens with two attached hydrogens (primary N) is 1. The van der Waals surface area contributed by atoms with E-state index in [1.54, 1.807) is 18.2 Å². The molecule has 2 atom stereocenters. The molecular weight excluding hydrogens is 440 g/mol. The first kappa shape index (κ1) is 25.2. The van der Waals surface area contributed by atoms with E-state index in [0.717, 1.165) is 35.0 Å². The minimum absolute atomic E-state index is 0.0318. The lowest BCUT2D eigenvalue weighted by atomic mass is 9.91. The molecule has 1 aliphatic carbocycles. The number of halogens is 1. The molecule has 2 unspecified atom stereocenters. The molecule has 0 spiro atoms. The number of anilines is 1. The summed E-state index contributed by atoms with van der Waals surface area (Å²) in [6, 6.07) is 8.20. The number of alkyl halides is 1. The summed E-state index contributed by atoms with van der Waals surface area (Å²) < 4.78 is 35.8. The molecular formula is C24H33BFN3O3S. The van der Waals surface area contributed by atoms with Gasteiger partial charge < -0.3 is 10.1 Å². The number of carbonyl (C=O) groups excluding carboxylic acids is 1. The van der Waals surface area contributed by atoms with Crippen molar-refractivity contribution in [2.75, 3.05) is 5.32 Å². The lowest BCUT2D eigenvalue weighted by Gasteiger charge is -2.20. The Labute approximate surface area is 197 Å². The molecule has 1 fully saturated rings. The van der Waals surface area contributed by atoms with E-state index in [4.69, 9.17) is 9.88 Å². The lowest BCUT2D eigenvalue weighted by molar-refractivity contribution is 0.0859. The molecule has 0 aromatic heterocycles. The molecule has 3 N–H and O–H groups in total. The van der Waals surface area contributed by atoms with Crippen molar-refractivity contribution in [3.05, 3.63) is 47.0 Å². The van der Waals surface area contributed by atoms with Crippen molar-refractivity contribution < 1.29 is 18.1 Å². The van der Waals surface area contributed by atoms with E-state index in [-0.39, 0.29) is 11.8 Å². The fraction of sp³-hybridized carbons (Fsp3) is 0.458. The monoisotopic (exact) mass is 473 g/mol. The summed E-state index contributed by atoms with van der Waals surface area (Å²) in [6.07, 6.45) is 0.502. The van der Waals surface area contributed by atoms with Crippen molar-refractivity contribution in [1.29, 1.82) is 0 Å². The molecule has 2 amide bonds. The van der Waals surface area contributed by atoms with Crippen LogP contribution in [0.25, 0.3) is 0 Å². The largest absolute Gasteiger partial charge is 0.461 e. The smallest absolute Gasteiger partial charge is 0.354 e. The second kappa shape index (κ2) is 9.85. The molecule has 0 heterocycles. The minimum atomic E-state index is -3.44. The Hall–Kier alpha value is -2.39. The molecule has 0 saturated heterocycles. The molecule has 1 saturated carbocycles. The molecule has 3 rings (SSSR count). The van der Waals surface area contributed by atoms with E-state index < -0.39 is 22.3 Å². The number of carbonyl (C=O) groups is 1. The third-order valence-corrected chi connectivity index (χ3v) is 7.27. The topological polar surface area (TPSA) is 93.8 Å². The fourth-order valence-electron chi connectivity index (χ4n) is 3.89. The highest BCUT2D eigenvalue weighted by atomic mass is 32.2. The first-order valence-corrected chi connectivity index (χ1v) is 12.9. The molecule has 178 valence electrons. The van der Waals surface area contributed by atoms with E-state index in [1.165, 1.54) is 6.92 Å². The Morgan fingerprint density at radius 3 is 2.36 bits per heavy atom. The Morgan fingerprint density at radius 2 is 1.85 bits per heavy atom. The number of benzene rings is 2. The number of nitrogens with zero attached hydrogens (tertiary/aromatic N) is 1. The molecule has 0 radical (unpaired) electrons. The normalized spacial score (nSPS) is 16.4. The third kappa shape index (κ3) is 6.15. The Kier molecular flexibility index (Phi) is 7.53. The van der Waals surface area contributed by atoms with Gasteiger partial charge in [0.1, 0.15) is 23.5 Å². The summed E-state index contributed by atoms with van der Waals surface area (Å²) in [5, 5.41) is 8.87. The maximum atomic E-state index is 13.5. The van der Waals surface area contributed by atoms with Crippen molar-refractivity contribution >= 4 is 34.9 Å². The third-order valence-electron chi connectivity index (χ3n) is 5.74. The zero-order valence-electron chi connectivity index (χ0n) is 20.1. The van der Waals surface area contributed by atoms with Gasteiger partial charge in [0.2, 0.25) is 6.36 Å². The fourth-order valence-corrected chi connectivity index (χ4v) is 5.07. The number of hydrogen-bond donors (Lipinski definition) is 2. The standard InChI is InChI=1S/C24H33BFN3O3S/c1-13(2)17-8-9-22(21(25)10-17)33(27,31)29-24(30)28-23-19(14(3)4)11-18(32-15(5)26)12-20(23)16-6-7-16/h8-16H,6-7,25H2,1-5H3,(H3,27,28,29,30,31). The summed E-state index contributed by atoms with van der Waals surface area (Å²) >= 11 is 0. The molecule has 0 aliphatic heterocycles. The number of hydrogen-bond acceptors (Lipinski definition) is 3. The van der Waals surface area contributed by atoms with Crippen molar-refractivity contribution in [3.63, 3.8) is 0 Å². The average molecular weight is 473 g/mol. The van der Waals surface area contributed by atoms with E-state index >= 15 is 0 Å². The van der Waals surface area contributed by atoms with Crippen LogP contribution < -0.4 is 20.7 Å². The second-order valence-corrected chi connectivity index (χ2v) is 11.1. The molecule has 2 aromatic carbocycles. The van der Waals surface area contributed by atoms with Gasteiger partial charge in [0.25, 0.3) is 0 Å². The Bertz CT molecular complexity index is 1150. The molecule has 1 aliphatic rings. The van der Waals surface area contributed by atoms with Crippen LogP contribution in [0.1, 0.15) is 81.9 Å². The van der Waals surface area contributed by atoms with Crippen LogP contribution in [0, 0.1) is 0 Å². The maximum Gasteiger partial charge on any atom is 0.354 e. The van der Waals surface area contributed by atoms with Gasteiger partial charge in [-0.05, 0) is 65.5 Å². The van der Waals surface area contributed by atoms with Gasteiger partial charge in [-0.15, -0.1) is 4.36 Å². The van der Waals surface area contributed by atoms with Gasteiger partial charge in [-0.3, -0.25) is 0 Å². The SMILES string of the molecule is Bc1cc(C(C)C)ccc1S(N)(=O)=NC(=O)Nc1c(C(C)C)cc(OC(C)F)cc1C1CC1. The zero-order valence-corrected chi connectivity index (χ0v) is 21.0. The maximum absolute atomic E-state index is 13.5. The molecule has 9 heteroatoms. The van der Waals surface area contributed by atoms with Gasteiger partial charge in [0.15, 0.2) is 0 Å². The van der Waals surface area contributed by atoms with Crippen LogP contribution in [-0.2, 0) is 9.92 Å². The van der Waals surface area contributed by atoms with E-state index in [1.807, 2.05) is 33.8 Å². The second-order valence-electron chi connectivity index (χ2n) is 9.34. The van der Waals surface area contributed by atoms with Crippen LogP contribution in [0.4, 0.5) is 14.9 Å². The molecule has 6 nitrogen and oxygen atoms in total. The van der Waals surface area contributed by atoms with Crippen LogP contribution in [-0.4, -0.2) is 24.4 Å². The highest BCUT2D eigenvalue weighted by molar-refractivity contribution is 7.92. The van der Waals surface area contributed by atoms with Crippen LogP contribution in [0.15, 0.2) is 39.6 Å². The number of ether oxygens (including phenoxy) is 1. The highest BCUT2D eigenvalue weighted by Crippen LogP contribution is 2.47. The van der Waals surface area contributed by atoms with Crippen molar-refractivity contribution in [2.45, 2.75) is 76.5 Å². The van der Waals surface area contributed by atoms with Crippen molar-refractivity contribution in [2.24, 2.45) is 9.50 Å². The lowest BCUT2D eigenvalue weighted by Crippen LogP contribution is -2.25. The summed E-state index contributed by atoms with van der Waals surface area (Å²) in [6.45, 7) is 9.43. The van der Waals surface area contributed by atoms with Crippen molar-refractivity contribution in [1.82, 2.24) is 0 Å². The van der Waals surface area contributed by atoms with Gasteiger partial charge in [0, 0.05) is 12.6 Å². The van der Waals surface area contributed by atoms with Crippen LogP contribution in [0.5, 0.6) is 5.75 Å². The minimum Gasteiger partial charge on any atom is -0.461 e. The van der Waals surface area contributed by atoms with E-state index in [9.17, 15) is 13.4 Å². The summed E-state index contributed by atoms with van der Waals surface area (Å²) in [5.74, 6) is 1.03. The predicted octanol–water partition coefficient (Wildman–Crippen LogP) is 4.70. The van der Waals surface area contributed by atoms with Gasteiger partial charge in [-0.1, -0.05) is 45.3 Å². The van der Waals surface area contributed by atoms with Crippen LogP contribution >= 0.6 is 0 Å². The summed E-state index contributed by atoms with van der Waals surface area (Å²) in [4.78, 5) is 13.2. The van der Waals surface area contributed by atoms with Gasteiger partial charge >= 0.3 is 6.03 Å². The van der Waals surface area contributed by atoms with E-state index in [0.29, 0.717) is 22.3 Å². The Morgan fingerprint density at radius 1 is 1.18 bits per heavy atom. The summed E-state index contributed by atoms with van der Waals surface area (Å²) in [5.41, 5.74) is 4.12. The molecule has 0 bridgehead atoms. The number of amides is 2. The van der Waals surface area contributed by atoms with E-state index in [2.05, 4.69) is 23.5 Å². The predicted molar refractivity (Wildman–Crippen MR) is 134 cm³/mol. The van der Waals surface area contributed by atoms with Gasteiger partial charge in [-0.2, -0.15) is 0 Å². The molecule has 33 heavy (non-hydrogen) atoms.